The Morgan fingerprint density at radius 3 is 1.92 bits per heavy atom. The lowest BCUT2D eigenvalue weighted by molar-refractivity contribution is -0.769. The van der Waals surface area contributed by atoms with Crippen LogP contribution in [-0.4, -0.2) is 78.6 Å². The smallest absolute Gasteiger partial charge is 0.294 e. The van der Waals surface area contributed by atoms with Crippen molar-refractivity contribution in [2.75, 3.05) is 26.4 Å². The van der Waals surface area contributed by atoms with Crippen LogP contribution in [0.4, 0.5) is 0 Å². The molecule has 0 radical (unpaired) electrons. The summed E-state index contributed by atoms with van der Waals surface area (Å²) in [6.07, 6.45) is -1.62. The quantitative estimate of drug-likeness (QED) is 0.364. The molecule has 4 aliphatic heterocycles. The van der Waals surface area contributed by atoms with Crippen molar-refractivity contribution in [3.8, 4) is 0 Å². The molecular weight excluding hydrogens is 364 g/mol. The van der Waals surface area contributed by atoms with Gasteiger partial charge in [0.25, 0.3) is 5.09 Å². The van der Waals surface area contributed by atoms with Gasteiger partial charge in [-0.25, -0.2) is 5.90 Å². The van der Waals surface area contributed by atoms with E-state index in [1.54, 1.807) is 21.6 Å². The number of rotatable bonds is 6. The van der Waals surface area contributed by atoms with Crippen molar-refractivity contribution in [3.63, 3.8) is 0 Å². The zero-order valence-electron chi connectivity index (χ0n) is 12.6. The molecule has 0 amide bonds. The molecule has 24 heavy (non-hydrogen) atoms. The van der Waals surface area contributed by atoms with Gasteiger partial charge < -0.3 is 23.8 Å². The lowest BCUT2D eigenvalue weighted by atomic mass is 10.1. The molecule has 4 unspecified atom stereocenters. The first-order chi connectivity index (χ1) is 11.7. The molecule has 0 aromatic heterocycles. The first kappa shape index (κ1) is 17.1. The maximum absolute atomic E-state index is 10.5. The van der Waals surface area contributed by atoms with Gasteiger partial charge in [0.2, 0.25) is 0 Å². The molecule has 136 valence electrons. The van der Waals surface area contributed by atoms with Gasteiger partial charge in [0.1, 0.15) is 30.5 Å². The number of nitrogens with two attached hydrogens (primary N) is 1. The summed E-state index contributed by atoms with van der Waals surface area (Å²) >= 11 is 0. The summed E-state index contributed by atoms with van der Waals surface area (Å²) in [5, 5.41) is 9.96. The minimum atomic E-state index is -0.793. The highest BCUT2D eigenvalue weighted by molar-refractivity contribution is 8.77. The molecule has 4 saturated heterocycles. The minimum absolute atomic E-state index is 0.0377. The van der Waals surface area contributed by atoms with Crippen LogP contribution in [-0.2, 0) is 28.6 Å². The molecule has 0 bridgehead atoms. The number of fused-ring (bicyclic) bond motifs is 2. The second-order valence-electron chi connectivity index (χ2n) is 6.00. The molecule has 4 aliphatic rings. The van der Waals surface area contributed by atoms with Gasteiger partial charge in [-0.3, -0.25) is 4.84 Å². The zero-order chi connectivity index (χ0) is 16.7. The highest BCUT2D eigenvalue weighted by Gasteiger charge is 2.52. The first-order valence-electron chi connectivity index (χ1n) is 7.62. The molecule has 4 rings (SSSR count). The van der Waals surface area contributed by atoms with E-state index in [1.165, 1.54) is 0 Å². The Labute approximate surface area is 145 Å². The van der Waals surface area contributed by atoms with E-state index in [0.29, 0.717) is 19.8 Å². The van der Waals surface area contributed by atoms with E-state index in [-0.39, 0.29) is 47.6 Å². The molecule has 0 aromatic carbocycles. The van der Waals surface area contributed by atoms with E-state index in [2.05, 4.69) is 4.84 Å². The molecule has 4 fully saturated rings. The van der Waals surface area contributed by atoms with Crippen LogP contribution in [0.25, 0.3) is 0 Å². The number of hydrogen-bond acceptors (Lipinski definition) is 11. The van der Waals surface area contributed by atoms with E-state index in [9.17, 15) is 10.1 Å². The van der Waals surface area contributed by atoms with E-state index in [0.717, 1.165) is 0 Å². The van der Waals surface area contributed by atoms with Crippen LogP contribution < -0.4 is 5.90 Å². The Balaban J connectivity index is 1.28. The summed E-state index contributed by atoms with van der Waals surface area (Å²) in [6, 6.07) is 0. The molecule has 0 spiro atoms. The third-order valence-corrected chi connectivity index (χ3v) is 7.85. The van der Waals surface area contributed by atoms with Crippen LogP contribution in [0.15, 0.2) is 0 Å². The van der Waals surface area contributed by atoms with Crippen LogP contribution in [0.3, 0.4) is 0 Å². The Hall–Kier alpha value is -0.340. The molecule has 12 heteroatoms. The molecule has 4 heterocycles. The highest BCUT2D eigenvalue weighted by Crippen LogP contribution is 2.45. The van der Waals surface area contributed by atoms with Gasteiger partial charge in [0, 0.05) is 0 Å². The zero-order valence-corrected chi connectivity index (χ0v) is 14.2. The SMILES string of the molecule is NOC1CO[C@@H]2C(SSC3CO[C@@H]4C(O[N+](=O)[O-])CO[C@H]34)CO[C@H]12. The number of nitrogens with zero attached hydrogens (tertiary/aromatic N) is 1. The van der Waals surface area contributed by atoms with Crippen molar-refractivity contribution in [1.29, 1.82) is 0 Å². The largest absolute Gasteiger partial charge is 0.372 e. The Kier molecular flexibility index (Phi) is 5.07. The van der Waals surface area contributed by atoms with Gasteiger partial charge in [0.05, 0.1) is 36.9 Å². The lowest BCUT2D eigenvalue weighted by Crippen LogP contribution is -2.34. The Morgan fingerprint density at radius 1 is 0.875 bits per heavy atom. The van der Waals surface area contributed by atoms with E-state index >= 15 is 0 Å². The van der Waals surface area contributed by atoms with Gasteiger partial charge in [-0.2, -0.15) is 0 Å². The summed E-state index contributed by atoms with van der Waals surface area (Å²) in [7, 11) is 3.32. The Morgan fingerprint density at radius 2 is 1.38 bits per heavy atom. The fourth-order valence-electron chi connectivity index (χ4n) is 3.48. The Bertz CT molecular complexity index is 488. The van der Waals surface area contributed by atoms with Crippen molar-refractivity contribution >= 4 is 21.6 Å². The predicted molar refractivity (Wildman–Crippen MR) is 82.6 cm³/mol. The summed E-state index contributed by atoms with van der Waals surface area (Å²) in [6.45, 7) is 1.66. The molecule has 10 nitrogen and oxygen atoms in total. The number of ether oxygens (including phenoxy) is 4. The van der Waals surface area contributed by atoms with Crippen molar-refractivity contribution in [1.82, 2.24) is 0 Å². The van der Waals surface area contributed by atoms with Crippen LogP contribution >= 0.6 is 21.6 Å². The van der Waals surface area contributed by atoms with E-state index < -0.39 is 11.2 Å². The van der Waals surface area contributed by atoms with E-state index in [4.69, 9.17) is 29.7 Å². The highest BCUT2D eigenvalue weighted by atomic mass is 33.1. The second-order valence-corrected chi connectivity index (χ2v) is 8.75. The molecule has 0 aromatic rings. The minimum Gasteiger partial charge on any atom is -0.372 e. The summed E-state index contributed by atoms with van der Waals surface area (Å²) in [5.74, 6) is 5.25. The molecule has 2 N–H and O–H groups in total. The second kappa shape index (κ2) is 7.11. The standard InChI is InChI=1S/C12H18N2O8S2/c13-21-5-1-17-11-7(3-19-9(5)11)23-24-8-4-20-10-6(22-14(15)16)2-18-12(8)10/h5-12H,1-4,13H2/t5?,6?,7?,8?,9-,10-,11-,12-/m1/s1. The molecule has 0 saturated carbocycles. The fraction of sp³-hybridized carbons (Fsp3) is 1.00. The van der Waals surface area contributed by atoms with Crippen molar-refractivity contribution < 1.29 is 33.7 Å². The average Bonchev–Trinajstić information content (AvgIpc) is 3.28. The summed E-state index contributed by atoms with van der Waals surface area (Å²) in [4.78, 5) is 20.0. The first-order valence-corrected chi connectivity index (χ1v) is 9.90. The van der Waals surface area contributed by atoms with Crippen LogP contribution in [0.2, 0.25) is 0 Å². The topological polar surface area (TPSA) is 125 Å². The average molecular weight is 382 g/mol. The van der Waals surface area contributed by atoms with Gasteiger partial charge in [0.15, 0.2) is 6.10 Å². The van der Waals surface area contributed by atoms with Crippen LogP contribution in [0.5, 0.6) is 0 Å². The summed E-state index contributed by atoms with van der Waals surface area (Å²) < 4.78 is 22.8. The van der Waals surface area contributed by atoms with Crippen LogP contribution in [0.1, 0.15) is 0 Å². The van der Waals surface area contributed by atoms with Gasteiger partial charge in [-0.05, 0) is 0 Å². The van der Waals surface area contributed by atoms with E-state index in [1.807, 2.05) is 0 Å². The normalized spacial score (nSPS) is 46.9. The third-order valence-electron chi connectivity index (χ3n) is 4.62. The monoisotopic (exact) mass is 382 g/mol. The fourth-order valence-corrected chi connectivity index (χ4v) is 6.57. The van der Waals surface area contributed by atoms with Crippen molar-refractivity contribution in [2.45, 2.75) is 47.1 Å². The maximum Gasteiger partial charge on any atom is 0.294 e. The maximum atomic E-state index is 10.5. The van der Waals surface area contributed by atoms with Gasteiger partial charge in [-0.15, -0.1) is 10.1 Å². The number of hydrogen-bond donors (Lipinski definition) is 1. The lowest BCUT2D eigenvalue weighted by Gasteiger charge is -2.19. The van der Waals surface area contributed by atoms with Gasteiger partial charge >= 0.3 is 0 Å². The predicted octanol–water partition coefficient (Wildman–Crippen LogP) is -0.464. The molecular formula is C12H18N2O8S2. The third kappa shape index (κ3) is 3.09. The van der Waals surface area contributed by atoms with Crippen LogP contribution in [0, 0.1) is 10.1 Å². The van der Waals surface area contributed by atoms with Crippen molar-refractivity contribution in [3.05, 3.63) is 10.1 Å². The molecule has 8 atom stereocenters. The van der Waals surface area contributed by atoms with Crippen molar-refractivity contribution in [2.24, 2.45) is 5.90 Å². The van der Waals surface area contributed by atoms with Gasteiger partial charge in [-0.1, -0.05) is 21.6 Å². The molecule has 0 aliphatic carbocycles. The summed E-state index contributed by atoms with van der Waals surface area (Å²) in [5.41, 5.74) is 0.